The van der Waals surface area contributed by atoms with Crippen LogP contribution in [0.3, 0.4) is 0 Å². The quantitative estimate of drug-likeness (QED) is 0.518. The summed E-state index contributed by atoms with van der Waals surface area (Å²) in [5.41, 5.74) is 4.36. The van der Waals surface area contributed by atoms with Gasteiger partial charge in [-0.3, -0.25) is 4.79 Å². The van der Waals surface area contributed by atoms with Gasteiger partial charge in [0.15, 0.2) is 14.9 Å². The Morgan fingerprint density at radius 2 is 1.64 bits per heavy atom. The maximum atomic E-state index is 15.0. The summed E-state index contributed by atoms with van der Waals surface area (Å²) < 4.78 is 82.3. The Hall–Kier alpha value is -3.61. The van der Waals surface area contributed by atoms with Gasteiger partial charge in [-0.1, -0.05) is 12.1 Å². The van der Waals surface area contributed by atoms with E-state index in [1.54, 1.807) is 0 Å². The van der Waals surface area contributed by atoms with E-state index < -0.39 is 37.8 Å². The van der Waals surface area contributed by atoms with Crippen LogP contribution in [0.1, 0.15) is 25.5 Å². The Labute approximate surface area is 204 Å². The van der Waals surface area contributed by atoms with Crippen LogP contribution in [0.25, 0.3) is 22.3 Å². The third kappa shape index (κ3) is 5.01. The van der Waals surface area contributed by atoms with Crippen LogP contribution < -0.4 is 5.73 Å². The number of aromatic nitrogens is 3. The third-order valence-corrected chi connectivity index (χ3v) is 8.21. The molecule has 1 fully saturated rings. The molecule has 0 radical (unpaired) electrons. The van der Waals surface area contributed by atoms with Gasteiger partial charge >= 0.3 is 6.18 Å². The van der Waals surface area contributed by atoms with E-state index >= 15 is 4.39 Å². The van der Waals surface area contributed by atoms with Crippen molar-refractivity contribution < 1.29 is 30.8 Å². The number of hydrogen-bond donors (Lipinski definition) is 1. The van der Waals surface area contributed by atoms with E-state index in [2.05, 4.69) is 15.0 Å². The van der Waals surface area contributed by atoms with Crippen molar-refractivity contribution in [3.8, 4) is 22.3 Å². The molecule has 1 saturated heterocycles. The number of amides is 1. The van der Waals surface area contributed by atoms with Gasteiger partial charge in [-0.25, -0.2) is 27.8 Å². The van der Waals surface area contributed by atoms with Crippen molar-refractivity contribution in [1.82, 2.24) is 19.9 Å². The molecule has 2 N–H and O–H groups in total. The number of nitrogens with two attached hydrogens (primary N) is 1. The SMILES string of the molecule is CC(=O)N1CCC(S(=O)(=O)c2nc(C(F)(F)F)ccc2-c2ccc(-c3cnc(N)nc3)c(F)c2)CC1. The summed E-state index contributed by atoms with van der Waals surface area (Å²) in [6.45, 7) is 1.66. The highest BCUT2D eigenvalue weighted by molar-refractivity contribution is 7.92. The van der Waals surface area contributed by atoms with Gasteiger partial charge < -0.3 is 10.6 Å². The standard InChI is InChI=1S/C23H21F4N5O3S/c1-13(33)32-8-6-16(7-9-32)36(34,35)21-18(4-5-20(31-21)23(25,26)27)14-2-3-17(19(24)10-14)15-11-29-22(28)30-12-15/h2-5,10-12,16H,6-9H2,1H3,(H2,28,29,30). The molecule has 1 aliphatic rings. The molecule has 36 heavy (non-hydrogen) atoms. The van der Waals surface area contributed by atoms with Crippen LogP contribution in [0.4, 0.5) is 23.5 Å². The molecule has 8 nitrogen and oxygen atoms in total. The number of carbonyl (C=O) groups is 1. The smallest absolute Gasteiger partial charge is 0.368 e. The topological polar surface area (TPSA) is 119 Å². The van der Waals surface area contributed by atoms with E-state index in [0.29, 0.717) is 11.6 Å². The molecule has 2 aromatic heterocycles. The van der Waals surface area contributed by atoms with Crippen molar-refractivity contribution in [2.45, 2.75) is 36.2 Å². The highest BCUT2D eigenvalue weighted by Gasteiger charge is 2.38. The fourth-order valence-electron chi connectivity index (χ4n) is 4.07. The van der Waals surface area contributed by atoms with Gasteiger partial charge in [0.25, 0.3) is 0 Å². The molecule has 0 bridgehead atoms. The van der Waals surface area contributed by atoms with Crippen molar-refractivity contribution in [1.29, 1.82) is 0 Å². The summed E-state index contributed by atoms with van der Waals surface area (Å²) in [7, 11) is -4.36. The summed E-state index contributed by atoms with van der Waals surface area (Å²) in [5, 5.41) is -1.82. The van der Waals surface area contributed by atoms with E-state index in [1.807, 2.05) is 0 Å². The maximum absolute atomic E-state index is 15.0. The van der Waals surface area contributed by atoms with Gasteiger partial charge in [-0.2, -0.15) is 13.2 Å². The predicted molar refractivity (Wildman–Crippen MR) is 123 cm³/mol. The van der Waals surface area contributed by atoms with Gasteiger partial charge in [0, 0.05) is 49.1 Å². The lowest BCUT2D eigenvalue weighted by molar-refractivity contribution is -0.141. The first-order valence-electron chi connectivity index (χ1n) is 10.8. The average molecular weight is 524 g/mol. The zero-order valence-corrected chi connectivity index (χ0v) is 19.8. The molecule has 1 aromatic carbocycles. The summed E-state index contributed by atoms with van der Waals surface area (Å²) >= 11 is 0. The van der Waals surface area contributed by atoms with Crippen LogP contribution in [0.2, 0.25) is 0 Å². The van der Waals surface area contributed by atoms with Crippen LogP contribution in [-0.4, -0.2) is 52.5 Å². The molecule has 3 aromatic rings. The lowest BCUT2D eigenvalue weighted by Crippen LogP contribution is -2.41. The molecule has 0 aliphatic carbocycles. The molecule has 4 rings (SSSR count). The highest BCUT2D eigenvalue weighted by Crippen LogP contribution is 2.37. The van der Waals surface area contributed by atoms with E-state index in [-0.39, 0.29) is 54.5 Å². The number of benzene rings is 1. The summed E-state index contributed by atoms with van der Waals surface area (Å²) in [4.78, 5) is 24.2. The number of hydrogen-bond acceptors (Lipinski definition) is 7. The molecule has 0 spiro atoms. The molecular formula is C23H21F4N5O3S. The molecule has 0 saturated carbocycles. The maximum Gasteiger partial charge on any atom is 0.433 e. The Balaban J connectivity index is 1.78. The van der Waals surface area contributed by atoms with Gasteiger partial charge in [-0.15, -0.1) is 0 Å². The Morgan fingerprint density at radius 1 is 1.03 bits per heavy atom. The number of carbonyl (C=O) groups excluding carboxylic acids is 1. The zero-order valence-electron chi connectivity index (χ0n) is 19.0. The number of nitrogens with zero attached hydrogens (tertiary/aromatic N) is 4. The molecule has 0 atom stereocenters. The van der Waals surface area contributed by atoms with E-state index in [4.69, 9.17) is 5.73 Å². The minimum Gasteiger partial charge on any atom is -0.368 e. The fraction of sp³-hybridized carbons (Fsp3) is 0.304. The van der Waals surface area contributed by atoms with Crippen molar-refractivity contribution in [3.63, 3.8) is 0 Å². The number of halogens is 4. The fourth-order valence-corrected chi connectivity index (χ4v) is 5.93. The molecule has 1 aliphatic heterocycles. The van der Waals surface area contributed by atoms with Crippen LogP contribution in [-0.2, 0) is 20.8 Å². The zero-order chi connectivity index (χ0) is 26.3. The van der Waals surface area contributed by atoms with Crippen molar-refractivity contribution in [3.05, 3.63) is 54.2 Å². The lowest BCUT2D eigenvalue weighted by atomic mass is 10.0. The number of likely N-dealkylation sites (tertiary alicyclic amines) is 1. The van der Waals surface area contributed by atoms with E-state index in [1.165, 1.54) is 36.4 Å². The minimum absolute atomic E-state index is 0.00408. The summed E-state index contributed by atoms with van der Waals surface area (Å²) in [6, 6.07) is 5.39. The van der Waals surface area contributed by atoms with Gasteiger partial charge in [0.1, 0.15) is 11.5 Å². The van der Waals surface area contributed by atoms with Crippen LogP contribution in [0.5, 0.6) is 0 Å². The lowest BCUT2D eigenvalue weighted by Gasteiger charge is -2.31. The number of sulfone groups is 1. The molecule has 1 amide bonds. The van der Waals surface area contributed by atoms with E-state index in [0.717, 1.165) is 12.1 Å². The molecule has 0 unspecified atom stereocenters. The number of anilines is 1. The normalized spacial score (nSPS) is 15.2. The van der Waals surface area contributed by atoms with Gasteiger partial charge in [0.2, 0.25) is 11.9 Å². The monoisotopic (exact) mass is 523 g/mol. The number of nitrogen functional groups attached to an aromatic ring is 1. The van der Waals surface area contributed by atoms with E-state index in [9.17, 15) is 26.4 Å². The van der Waals surface area contributed by atoms with Crippen LogP contribution in [0, 0.1) is 5.82 Å². The largest absolute Gasteiger partial charge is 0.433 e. The third-order valence-electron chi connectivity index (χ3n) is 6.01. The van der Waals surface area contributed by atoms with Crippen LogP contribution >= 0.6 is 0 Å². The molecule has 3 heterocycles. The number of alkyl halides is 3. The van der Waals surface area contributed by atoms with Gasteiger partial charge in [0.05, 0.1) is 5.25 Å². The van der Waals surface area contributed by atoms with Crippen LogP contribution in [0.15, 0.2) is 47.8 Å². The van der Waals surface area contributed by atoms with Crippen molar-refractivity contribution in [2.24, 2.45) is 0 Å². The second kappa shape index (κ2) is 9.45. The number of pyridine rings is 1. The first-order chi connectivity index (χ1) is 16.9. The first kappa shape index (κ1) is 25.5. The molecule has 13 heteroatoms. The molecule has 190 valence electrons. The first-order valence-corrected chi connectivity index (χ1v) is 12.4. The second-order valence-corrected chi connectivity index (χ2v) is 10.5. The predicted octanol–water partition coefficient (Wildman–Crippen LogP) is 3.73. The number of piperidine rings is 1. The Kier molecular flexibility index (Phi) is 6.69. The highest BCUT2D eigenvalue weighted by atomic mass is 32.2. The number of rotatable bonds is 4. The molecular weight excluding hydrogens is 502 g/mol. The second-order valence-electron chi connectivity index (χ2n) is 8.32. The van der Waals surface area contributed by atoms with Gasteiger partial charge in [-0.05, 0) is 36.6 Å². The summed E-state index contributed by atoms with van der Waals surface area (Å²) in [6.07, 6.45) is -2.18. The summed E-state index contributed by atoms with van der Waals surface area (Å²) in [5.74, 6) is -0.986. The Bertz CT molecular complexity index is 1400. The minimum atomic E-state index is -4.88. The van der Waals surface area contributed by atoms with Crippen molar-refractivity contribution in [2.75, 3.05) is 18.8 Å². The Morgan fingerprint density at radius 3 is 2.19 bits per heavy atom. The average Bonchev–Trinajstić information content (AvgIpc) is 2.84. The van der Waals surface area contributed by atoms with Crippen molar-refractivity contribution >= 4 is 21.7 Å².